The molecular formula is C17H21N3O2. The van der Waals surface area contributed by atoms with Crippen molar-refractivity contribution < 1.29 is 9.53 Å². The van der Waals surface area contributed by atoms with E-state index in [0.29, 0.717) is 6.42 Å². The molecule has 3 rings (SSSR count). The number of nitrogens with zero attached hydrogens (tertiary/aromatic N) is 3. The summed E-state index contributed by atoms with van der Waals surface area (Å²) in [6.45, 7) is 2.82. The zero-order valence-electron chi connectivity index (χ0n) is 13.2. The fourth-order valence-electron chi connectivity index (χ4n) is 2.95. The lowest BCUT2D eigenvalue weighted by Crippen LogP contribution is -2.29. The maximum Gasteiger partial charge on any atom is 0.227 e. The largest absolute Gasteiger partial charge is 0.497 e. The first-order valence-corrected chi connectivity index (χ1v) is 7.54. The molecule has 5 heteroatoms. The molecule has 1 unspecified atom stereocenters. The highest BCUT2D eigenvalue weighted by molar-refractivity contribution is 5.96. The molecule has 0 saturated carbocycles. The second-order valence-electron chi connectivity index (χ2n) is 5.84. The van der Waals surface area contributed by atoms with Crippen LogP contribution in [0.1, 0.15) is 30.4 Å². The summed E-state index contributed by atoms with van der Waals surface area (Å²) in [4.78, 5) is 14.5. The van der Waals surface area contributed by atoms with Gasteiger partial charge in [0.05, 0.1) is 13.3 Å². The molecule has 0 N–H and O–H groups in total. The fourth-order valence-corrected chi connectivity index (χ4v) is 2.95. The van der Waals surface area contributed by atoms with Crippen molar-refractivity contribution in [3.63, 3.8) is 0 Å². The molecule has 1 aromatic carbocycles. The summed E-state index contributed by atoms with van der Waals surface area (Å²) in [7, 11) is 3.55. The Hall–Kier alpha value is -2.30. The summed E-state index contributed by atoms with van der Waals surface area (Å²) in [5, 5.41) is 4.18. The standard InChI is InChI=1S/C17H21N3O2/c1-12(14-10-18-19(2)11-14)8-17(21)20-7-6-13-9-15(22-3)4-5-16(13)20/h4-5,9-12H,6-8H2,1-3H3. The number of amides is 1. The summed E-state index contributed by atoms with van der Waals surface area (Å²) in [5.74, 6) is 1.18. The predicted octanol–water partition coefficient (Wildman–Crippen LogP) is 2.51. The van der Waals surface area contributed by atoms with Gasteiger partial charge in [-0.2, -0.15) is 5.10 Å². The Morgan fingerprint density at radius 2 is 2.27 bits per heavy atom. The number of hydrogen-bond donors (Lipinski definition) is 0. The van der Waals surface area contributed by atoms with Gasteiger partial charge in [-0.3, -0.25) is 9.48 Å². The Kier molecular flexibility index (Phi) is 3.88. The van der Waals surface area contributed by atoms with Crippen LogP contribution in [-0.4, -0.2) is 29.3 Å². The van der Waals surface area contributed by atoms with E-state index in [9.17, 15) is 4.79 Å². The molecule has 116 valence electrons. The molecule has 0 aliphatic carbocycles. The van der Waals surface area contributed by atoms with E-state index < -0.39 is 0 Å². The molecule has 0 bridgehead atoms. The maximum atomic E-state index is 12.6. The summed E-state index contributed by atoms with van der Waals surface area (Å²) in [6.07, 6.45) is 5.19. The highest BCUT2D eigenvalue weighted by atomic mass is 16.5. The van der Waals surface area contributed by atoms with Crippen LogP contribution < -0.4 is 9.64 Å². The minimum Gasteiger partial charge on any atom is -0.497 e. The van der Waals surface area contributed by atoms with Gasteiger partial charge in [-0.15, -0.1) is 0 Å². The lowest BCUT2D eigenvalue weighted by Gasteiger charge is -2.19. The highest BCUT2D eigenvalue weighted by Crippen LogP contribution is 2.32. The minimum atomic E-state index is 0.167. The van der Waals surface area contributed by atoms with Crippen LogP contribution in [0.25, 0.3) is 0 Å². The van der Waals surface area contributed by atoms with Gasteiger partial charge in [0, 0.05) is 31.9 Å². The molecule has 1 atom stereocenters. The summed E-state index contributed by atoms with van der Waals surface area (Å²) in [6, 6.07) is 5.91. The number of carbonyl (C=O) groups excluding carboxylic acids is 1. The molecule has 22 heavy (non-hydrogen) atoms. The number of carbonyl (C=O) groups is 1. The first-order valence-electron chi connectivity index (χ1n) is 7.54. The van der Waals surface area contributed by atoms with Crippen LogP contribution in [0.15, 0.2) is 30.6 Å². The van der Waals surface area contributed by atoms with Crippen LogP contribution in [-0.2, 0) is 18.3 Å². The molecule has 1 amide bonds. The number of aromatic nitrogens is 2. The fraction of sp³-hybridized carbons (Fsp3) is 0.412. The lowest BCUT2D eigenvalue weighted by molar-refractivity contribution is -0.118. The molecule has 0 saturated heterocycles. The molecule has 1 aromatic heterocycles. The highest BCUT2D eigenvalue weighted by Gasteiger charge is 2.26. The van der Waals surface area contributed by atoms with E-state index in [0.717, 1.165) is 30.0 Å². The number of methoxy groups -OCH3 is 1. The Morgan fingerprint density at radius 1 is 1.45 bits per heavy atom. The van der Waals surface area contributed by atoms with Gasteiger partial charge < -0.3 is 9.64 Å². The molecular weight excluding hydrogens is 278 g/mol. The first-order chi connectivity index (χ1) is 10.6. The van der Waals surface area contributed by atoms with E-state index in [2.05, 4.69) is 12.0 Å². The van der Waals surface area contributed by atoms with Crippen molar-refractivity contribution in [3.05, 3.63) is 41.7 Å². The Morgan fingerprint density at radius 3 is 2.95 bits per heavy atom. The summed E-state index contributed by atoms with van der Waals surface area (Å²) >= 11 is 0. The molecule has 0 spiro atoms. The smallest absolute Gasteiger partial charge is 0.227 e. The van der Waals surface area contributed by atoms with Crippen LogP contribution in [0.4, 0.5) is 5.69 Å². The van der Waals surface area contributed by atoms with Crippen LogP contribution >= 0.6 is 0 Å². The van der Waals surface area contributed by atoms with Gasteiger partial charge in [0.25, 0.3) is 0 Å². The number of rotatable bonds is 4. The van der Waals surface area contributed by atoms with Crippen molar-refractivity contribution in [2.24, 2.45) is 7.05 Å². The van der Waals surface area contributed by atoms with Gasteiger partial charge in [-0.05, 0) is 41.7 Å². The van der Waals surface area contributed by atoms with Gasteiger partial charge in [-0.1, -0.05) is 6.92 Å². The third-order valence-corrected chi connectivity index (χ3v) is 4.26. The molecule has 1 aliphatic heterocycles. The van der Waals surface area contributed by atoms with Crippen LogP contribution in [0, 0.1) is 0 Å². The van der Waals surface area contributed by atoms with E-state index in [4.69, 9.17) is 4.74 Å². The van der Waals surface area contributed by atoms with E-state index >= 15 is 0 Å². The maximum absolute atomic E-state index is 12.6. The van der Waals surface area contributed by atoms with E-state index in [1.807, 2.05) is 42.5 Å². The number of benzene rings is 1. The predicted molar refractivity (Wildman–Crippen MR) is 85.3 cm³/mol. The van der Waals surface area contributed by atoms with Crippen molar-refractivity contribution in [2.75, 3.05) is 18.6 Å². The van der Waals surface area contributed by atoms with Crippen LogP contribution in [0.2, 0.25) is 0 Å². The van der Waals surface area contributed by atoms with E-state index in [1.165, 1.54) is 5.56 Å². The SMILES string of the molecule is COc1ccc2c(c1)CCN2C(=O)CC(C)c1cnn(C)c1. The van der Waals surface area contributed by atoms with Gasteiger partial charge in [0.2, 0.25) is 5.91 Å². The van der Waals surface area contributed by atoms with Crippen molar-refractivity contribution >= 4 is 11.6 Å². The van der Waals surface area contributed by atoms with Crippen molar-refractivity contribution in [2.45, 2.75) is 25.7 Å². The van der Waals surface area contributed by atoms with Gasteiger partial charge in [-0.25, -0.2) is 0 Å². The van der Waals surface area contributed by atoms with Gasteiger partial charge in [0.15, 0.2) is 0 Å². The minimum absolute atomic E-state index is 0.167. The van der Waals surface area contributed by atoms with E-state index in [1.54, 1.807) is 11.8 Å². The molecule has 0 radical (unpaired) electrons. The molecule has 2 aromatic rings. The third-order valence-electron chi connectivity index (χ3n) is 4.26. The first kappa shape index (κ1) is 14.6. The molecule has 5 nitrogen and oxygen atoms in total. The zero-order chi connectivity index (χ0) is 15.7. The Balaban J connectivity index is 1.72. The average Bonchev–Trinajstić information content (AvgIpc) is 3.12. The average molecular weight is 299 g/mol. The van der Waals surface area contributed by atoms with Crippen molar-refractivity contribution in [1.82, 2.24) is 9.78 Å². The van der Waals surface area contributed by atoms with Crippen LogP contribution in [0.5, 0.6) is 5.75 Å². The number of fused-ring (bicyclic) bond motifs is 1. The van der Waals surface area contributed by atoms with Gasteiger partial charge in [0.1, 0.15) is 5.75 Å². The number of aryl methyl sites for hydroxylation is 1. The zero-order valence-corrected chi connectivity index (χ0v) is 13.2. The normalized spacial score (nSPS) is 14.8. The number of anilines is 1. The third kappa shape index (κ3) is 2.71. The summed E-state index contributed by atoms with van der Waals surface area (Å²) < 4.78 is 7.02. The van der Waals surface area contributed by atoms with Crippen LogP contribution in [0.3, 0.4) is 0 Å². The van der Waals surface area contributed by atoms with E-state index in [-0.39, 0.29) is 11.8 Å². The summed E-state index contributed by atoms with van der Waals surface area (Å²) in [5.41, 5.74) is 3.30. The lowest BCUT2D eigenvalue weighted by atomic mass is 10.0. The Bertz CT molecular complexity index is 693. The van der Waals surface area contributed by atoms with Crippen molar-refractivity contribution in [3.8, 4) is 5.75 Å². The van der Waals surface area contributed by atoms with Gasteiger partial charge >= 0.3 is 0 Å². The topological polar surface area (TPSA) is 47.4 Å². The Labute approximate surface area is 130 Å². The quantitative estimate of drug-likeness (QED) is 0.871. The monoisotopic (exact) mass is 299 g/mol. The second kappa shape index (κ2) is 5.83. The number of ether oxygens (including phenoxy) is 1. The number of hydrogen-bond acceptors (Lipinski definition) is 3. The molecule has 1 aliphatic rings. The molecule has 0 fully saturated rings. The van der Waals surface area contributed by atoms with Crippen molar-refractivity contribution in [1.29, 1.82) is 0 Å². The second-order valence-corrected chi connectivity index (χ2v) is 5.84. The molecule has 2 heterocycles.